The molecule has 1 aliphatic heterocycles. The molecule has 0 aromatic rings. The van der Waals surface area contributed by atoms with Crippen LogP contribution >= 0.6 is 0 Å². The van der Waals surface area contributed by atoms with E-state index in [1.165, 1.54) is 5.92 Å². The molecule has 0 amide bonds. The lowest BCUT2D eigenvalue weighted by atomic mass is 10.1. The molecule has 4 atom stereocenters. The van der Waals surface area contributed by atoms with E-state index < -0.39 is 12.2 Å². The van der Waals surface area contributed by atoms with Crippen molar-refractivity contribution in [3.63, 3.8) is 0 Å². The number of aliphatic hydroxyl groups excluding tert-OH is 2. The number of nitrogens with one attached hydrogen (secondary N) is 2. The van der Waals surface area contributed by atoms with Crippen LogP contribution in [0.2, 0.25) is 0 Å². The molecule has 0 spiro atoms. The van der Waals surface area contributed by atoms with E-state index in [0.717, 1.165) is 19.5 Å². The van der Waals surface area contributed by atoms with E-state index >= 15 is 0 Å². The third-order valence-electron chi connectivity index (χ3n) is 3.44. The first-order valence-corrected chi connectivity index (χ1v) is 6.22. The van der Waals surface area contributed by atoms with Crippen molar-refractivity contribution in [1.29, 1.82) is 0 Å². The molecule has 1 aliphatic carbocycles. The van der Waals surface area contributed by atoms with Gasteiger partial charge in [0.2, 0.25) is 0 Å². The van der Waals surface area contributed by atoms with Crippen molar-refractivity contribution in [1.82, 2.24) is 10.6 Å². The van der Waals surface area contributed by atoms with Crippen molar-refractivity contribution in [3.8, 4) is 0 Å². The Kier molecular flexibility index (Phi) is 4.79. The van der Waals surface area contributed by atoms with E-state index in [9.17, 15) is 10.2 Å². The van der Waals surface area contributed by atoms with Gasteiger partial charge in [-0.3, -0.25) is 0 Å². The van der Waals surface area contributed by atoms with Gasteiger partial charge >= 0.3 is 0 Å². The topological polar surface area (TPSA) is 64.5 Å². The number of aliphatic hydroxyl groups is 2. The summed E-state index contributed by atoms with van der Waals surface area (Å²) in [5, 5.41) is 25.9. The lowest BCUT2D eigenvalue weighted by Crippen LogP contribution is -2.36. The minimum Gasteiger partial charge on any atom is -0.389 e. The fourth-order valence-corrected chi connectivity index (χ4v) is 2.34. The first-order valence-electron chi connectivity index (χ1n) is 6.22. The molecule has 2 fully saturated rings. The SMILES string of the molecule is C[C@@H]1N[C@@H](CCNC[C]2[CH][CH][CH][CH]2)[C@H](O)[C@@H]1O. The zero-order valence-electron chi connectivity index (χ0n) is 10.1. The second-order valence-corrected chi connectivity index (χ2v) is 4.80. The molecule has 2 aliphatic rings. The van der Waals surface area contributed by atoms with Crippen LogP contribution in [0.4, 0.5) is 0 Å². The monoisotopic (exact) mass is 237 g/mol. The molecule has 2 rings (SSSR count). The summed E-state index contributed by atoms with van der Waals surface area (Å²) in [6.45, 7) is 3.58. The van der Waals surface area contributed by atoms with Crippen molar-refractivity contribution in [2.75, 3.05) is 13.1 Å². The highest BCUT2D eigenvalue weighted by molar-refractivity contribution is 5.35. The largest absolute Gasteiger partial charge is 0.389 e. The molecule has 1 saturated heterocycles. The summed E-state index contributed by atoms with van der Waals surface area (Å²) in [6.07, 6.45) is 7.75. The fourth-order valence-electron chi connectivity index (χ4n) is 2.34. The normalized spacial score (nSPS) is 39.0. The van der Waals surface area contributed by atoms with Crippen LogP contribution in [0.3, 0.4) is 0 Å². The smallest absolute Gasteiger partial charge is 0.0967 e. The lowest BCUT2D eigenvalue weighted by Gasteiger charge is -2.16. The van der Waals surface area contributed by atoms with Gasteiger partial charge in [0.15, 0.2) is 0 Å². The maximum Gasteiger partial charge on any atom is 0.0967 e. The van der Waals surface area contributed by atoms with Gasteiger partial charge in [-0.1, -0.05) is 0 Å². The Morgan fingerprint density at radius 2 is 1.94 bits per heavy atom. The lowest BCUT2D eigenvalue weighted by molar-refractivity contribution is 0.0293. The van der Waals surface area contributed by atoms with E-state index in [4.69, 9.17) is 0 Å². The number of hydrogen-bond acceptors (Lipinski definition) is 4. The van der Waals surface area contributed by atoms with Crippen molar-refractivity contribution in [2.24, 2.45) is 0 Å². The fraction of sp³-hybridized carbons (Fsp3) is 0.615. The van der Waals surface area contributed by atoms with Gasteiger partial charge in [0.05, 0.1) is 12.2 Å². The van der Waals surface area contributed by atoms with Gasteiger partial charge in [-0.2, -0.15) is 0 Å². The Morgan fingerprint density at radius 1 is 1.24 bits per heavy atom. The maximum atomic E-state index is 9.77. The zero-order valence-corrected chi connectivity index (χ0v) is 10.1. The summed E-state index contributed by atoms with van der Waals surface area (Å²) in [4.78, 5) is 0. The average molecular weight is 237 g/mol. The summed E-state index contributed by atoms with van der Waals surface area (Å²) in [5.74, 6) is 1.28. The van der Waals surface area contributed by atoms with Gasteiger partial charge in [-0.25, -0.2) is 0 Å². The van der Waals surface area contributed by atoms with E-state index in [2.05, 4.69) is 23.5 Å². The Hall–Kier alpha value is -0.160. The molecule has 5 radical (unpaired) electrons. The Morgan fingerprint density at radius 3 is 2.53 bits per heavy atom. The van der Waals surface area contributed by atoms with Gasteiger partial charge < -0.3 is 20.8 Å². The highest BCUT2D eigenvalue weighted by Gasteiger charge is 2.37. The molecule has 17 heavy (non-hydrogen) atoms. The second-order valence-electron chi connectivity index (χ2n) is 4.80. The molecule has 0 bridgehead atoms. The Bertz CT molecular complexity index is 231. The second kappa shape index (κ2) is 6.14. The van der Waals surface area contributed by atoms with E-state index in [0.29, 0.717) is 0 Å². The van der Waals surface area contributed by atoms with Gasteiger partial charge in [0.1, 0.15) is 0 Å². The van der Waals surface area contributed by atoms with E-state index in [1.54, 1.807) is 0 Å². The minimum atomic E-state index is -0.647. The summed E-state index contributed by atoms with van der Waals surface area (Å²) in [7, 11) is 0. The van der Waals surface area contributed by atoms with Crippen LogP contribution in [0, 0.1) is 31.6 Å². The van der Waals surface area contributed by atoms with Crippen LogP contribution in [-0.4, -0.2) is 47.6 Å². The summed E-state index contributed by atoms with van der Waals surface area (Å²) in [6, 6.07) is -0.0303. The first-order chi connectivity index (χ1) is 8.18. The van der Waals surface area contributed by atoms with Crippen LogP contribution in [0.1, 0.15) is 13.3 Å². The quantitative estimate of drug-likeness (QED) is 0.485. The highest BCUT2D eigenvalue weighted by Crippen LogP contribution is 2.21. The van der Waals surface area contributed by atoms with Crippen molar-refractivity contribution >= 4 is 0 Å². The molecule has 4 heteroatoms. The van der Waals surface area contributed by atoms with E-state index in [-0.39, 0.29) is 12.1 Å². The van der Waals surface area contributed by atoms with Crippen LogP contribution in [-0.2, 0) is 0 Å². The van der Waals surface area contributed by atoms with E-state index in [1.807, 2.05) is 19.8 Å². The van der Waals surface area contributed by atoms with Crippen molar-refractivity contribution in [2.45, 2.75) is 37.6 Å². The molecule has 0 unspecified atom stereocenters. The molecule has 0 aromatic heterocycles. The average Bonchev–Trinajstić information content (AvgIpc) is 2.90. The molecule has 0 aromatic carbocycles. The van der Waals surface area contributed by atoms with Crippen LogP contribution < -0.4 is 10.6 Å². The molecule has 1 heterocycles. The third kappa shape index (κ3) is 3.41. The Labute approximate surface area is 104 Å². The predicted molar refractivity (Wildman–Crippen MR) is 66.3 cm³/mol. The first kappa shape index (κ1) is 13.3. The summed E-state index contributed by atoms with van der Waals surface area (Å²) in [5.41, 5.74) is 0. The predicted octanol–water partition coefficient (Wildman–Crippen LogP) is -0.547. The van der Waals surface area contributed by atoms with Crippen molar-refractivity contribution < 1.29 is 10.2 Å². The van der Waals surface area contributed by atoms with Crippen LogP contribution in [0.5, 0.6) is 0 Å². The minimum absolute atomic E-state index is 0.00726. The van der Waals surface area contributed by atoms with Crippen molar-refractivity contribution in [3.05, 3.63) is 31.6 Å². The highest BCUT2D eigenvalue weighted by atomic mass is 16.3. The van der Waals surface area contributed by atoms with Crippen LogP contribution in [0.15, 0.2) is 0 Å². The standard InChI is InChI=1S/C13H21N2O2/c1-9-12(16)13(17)11(15-9)6-7-14-8-10-4-2-3-5-10/h2-5,9,11-17H,6-8H2,1H3/t9-,11-,12+,13-/m0/s1. The molecule has 4 N–H and O–H groups in total. The Balaban J connectivity index is 1.59. The van der Waals surface area contributed by atoms with Gasteiger partial charge in [-0.05, 0) is 51.5 Å². The molecular weight excluding hydrogens is 216 g/mol. The molecule has 95 valence electrons. The maximum absolute atomic E-state index is 9.77. The number of hydrogen-bond donors (Lipinski definition) is 4. The molecule has 1 saturated carbocycles. The van der Waals surface area contributed by atoms with Gasteiger partial charge in [-0.15, -0.1) is 0 Å². The third-order valence-corrected chi connectivity index (χ3v) is 3.44. The van der Waals surface area contributed by atoms with Gasteiger partial charge in [0.25, 0.3) is 0 Å². The summed E-state index contributed by atoms with van der Waals surface area (Å²) >= 11 is 0. The zero-order chi connectivity index (χ0) is 12.3. The molecule has 4 nitrogen and oxygen atoms in total. The summed E-state index contributed by atoms with van der Waals surface area (Å²) < 4.78 is 0. The number of rotatable bonds is 5. The van der Waals surface area contributed by atoms with Gasteiger partial charge in [0, 0.05) is 18.6 Å². The van der Waals surface area contributed by atoms with Crippen LogP contribution in [0.25, 0.3) is 0 Å². The molecular formula is C13H21N2O2.